The summed E-state index contributed by atoms with van der Waals surface area (Å²) in [4.78, 5) is 8.31. The van der Waals surface area contributed by atoms with E-state index >= 15 is 0 Å². The zero-order valence-electron chi connectivity index (χ0n) is 14.6. The average molecular weight is 321 g/mol. The van der Waals surface area contributed by atoms with Crippen molar-refractivity contribution in [2.45, 2.75) is 6.10 Å². The Morgan fingerprint density at radius 1 is 0.917 bits per heavy atom. The minimum atomic E-state index is -0.712. The van der Waals surface area contributed by atoms with Gasteiger partial charge in [0.15, 0.2) is 0 Å². The van der Waals surface area contributed by atoms with Crippen molar-refractivity contribution in [1.82, 2.24) is 4.98 Å². The first-order valence-corrected chi connectivity index (χ1v) is 7.99. The number of rotatable bonds is 4. The Labute approximate surface area is 143 Å². The van der Waals surface area contributed by atoms with Crippen LogP contribution in [0.3, 0.4) is 0 Å². The Hall–Kier alpha value is -2.59. The third kappa shape index (κ3) is 2.81. The van der Waals surface area contributed by atoms with Crippen molar-refractivity contribution in [3.8, 4) is 0 Å². The minimum Gasteiger partial charge on any atom is -0.384 e. The van der Waals surface area contributed by atoms with E-state index in [0.29, 0.717) is 0 Å². The van der Waals surface area contributed by atoms with Crippen LogP contribution < -0.4 is 9.80 Å². The first-order chi connectivity index (χ1) is 11.5. The highest BCUT2D eigenvalue weighted by Crippen LogP contribution is 2.40. The van der Waals surface area contributed by atoms with Crippen LogP contribution in [0.2, 0.25) is 0 Å². The average Bonchev–Trinajstić information content (AvgIpc) is 2.60. The van der Waals surface area contributed by atoms with Crippen molar-refractivity contribution in [2.75, 3.05) is 38.0 Å². The van der Waals surface area contributed by atoms with E-state index < -0.39 is 6.10 Å². The van der Waals surface area contributed by atoms with Crippen molar-refractivity contribution in [3.63, 3.8) is 0 Å². The number of nitrogens with zero attached hydrogens (tertiary/aromatic N) is 3. The number of hydrogen-bond acceptors (Lipinski definition) is 4. The zero-order chi connectivity index (χ0) is 17.3. The summed E-state index contributed by atoms with van der Waals surface area (Å²) in [6, 6.07) is 14.1. The third-order valence-electron chi connectivity index (χ3n) is 4.25. The van der Waals surface area contributed by atoms with Crippen LogP contribution in [0.25, 0.3) is 10.8 Å². The standard InChI is InChI=1S/C20H23N3O/c1-22(2)17-9-5-7-14-10-11-16(19(18(14)17)23(3)4)20(24)15-8-6-12-21-13-15/h5-13,20,24H,1-4H3. The fourth-order valence-electron chi connectivity index (χ4n) is 3.15. The van der Waals surface area contributed by atoms with E-state index in [1.165, 1.54) is 0 Å². The second-order valence-electron chi connectivity index (χ2n) is 6.36. The van der Waals surface area contributed by atoms with E-state index in [1.54, 1.807) is 12.4 Å². The van der Waals surface area contributed by atoms with E-state index in [-0.39, 0.29) is 0 Å². The van der Waals surface area contributed by atoms with Gasteiger partial charge in [0.25, 0.3) is 0 Å². The van der Waals surface area contributed by atoms with Gasteiger partial charge in [-0.3, -0.25) is 4.98 Å². The lowest BCUT2D eigenvalue weighted by Crippen LogP contribution is -2.16. The summed E-state index contributed by atoms with van der Waals surface area (Å²) in [5, 5.41) is 13.2. The van der Waals surface area contributed by atoms with Gasteiger partial charge in [-0.05, 0) is 17.5 Å². The maximum absolute atomic E-state index is 10.9. The molecule has 2 aromatic carbocycles. The first-order valence-electron chi connectivity index (χ1n) is 7.99. The highest BCUT2D eigenvalue weighted by Gasteiger charge is 2.20. The lowest BCUT2D eigenvalue weighted by Gasteiger charge is -2.26. The van der Waals surface area contributed by atoms with Gasteiger partial charge in [-0.15, -0.1) is 0 Å². The van der Waals surface area contributed by atoms with Crippen LogP contribution in [-0.4, -0.2) is 38.3 Å². The Balaban J connectivity index is 2.29. The van der Waals surface area contributed by atoms with Gasteiger partial charge < -0.3 is 14.9 Å². The summed E-state index contributed by atoms with van der Waals surface area (Å²) >= 11 is 0. The predicted molar refractivity (Wildman–Crippen MR) is 101 cm³/mol. The van der Waals surface area contributed by atoms with Crippen LogP contribution in [0.4, 0.5) is 11.4 Å². The lowest BCUT2D eigenvalue weighted by atomic mass is 9.95. The molecule has 0 amide bonds. The van der Waals surface area contributed by atoms with Crippen molar-refractivity contribution in [1.29, 1.82) is 0 Å². The number of aliphatic hydroxyl groups excluding tert-OH is 1. The zero-order valence-corrected chi connectivity index (χ0v) is 14.6. The predicted octanol–water partition coefficient (Wildman–Crippen LogP) is 3.45. The molecule has 0 aliphatic heterocycles. The monoisotopic (exact) mass is 321 g/mol. The van der Waals surface area contributed by atoms with Crippen LogP contribution in [-0.2, 0) is 0 Å². The molecule has 0 bridgehead atoms. The second-order valence-corrected chi connectivity index (χ2v) is 6.36. The largest absolute Gasteiger partial charge is 0.384 e. The van der Waals surface area contributed by atoms with Crippen molar-refractivity contribution in [2.24, 2.45) is 0 Å². The number of benzene rings is 2. The van der Waals surface area contributed by atoms with Crippen LogP contribution in [0.15, 0.2) is 54.9 Å². The molecule has 0 spiro atoms. The molecule has 1 atom stereocenters. The Kier molecular flexibility index (Phi) is 4.40. The van der Waals surface area contributed by atoms with Gasteiger partial charge in [0, 0.05) is 62.8 Å². The fraction of sp³-hybridized carbons (Fsp3) is 0.250. The minimum absolute atomic E-state index is 0.712. The van der Waals surface area contributed by atoms with Crippen molar-refractivity contribution in [3.05, 3.63) is 66.0 Å². The Morgan fingerprint density at radius 2 is 1.71 bits per heavy atom. The Bertz CT molecular complexity index is 844. The number of aliphatic hydroxyl groups is 1. The summed E-state index contributed by atoms with van der Waals surface area (Å²) in [5.41, 5.74) is 3.85. The first kappa shape index (κ1) is 16.3. The van der Waals surface area contributed by atoms with Gasteiger partial charge in [-0.2, -0.15) is 0 Å². The highest BCUT2D eigenvalue weighted by molar-refractivity contribution is 6.05. The van der Waals surface area contributed by atoms with Gasteiger partial charge in [0.05, 0.1) is 5.69 Å². The smallest absolute Gasteiger partial charge is 0.108 e. The van der Waals surface area contributed by atoms with Crippen LogP contribution in [0, 0.1) is 0 Å². The summed E-state index contributed by atoms with van der Waals surface area (Å²) in [6.07, 6.45) is 2.72. The number of hydrogen-bond donors (Lipinski definition) is 1. The molecule has 1 N–H and O–H groups in total. The van der Waals surface area contributed by atoms with Crippen LogP contribution in [0.1, 0.15) is 17.2 Å². The molecule has 0 fully saturated rings. The summed E-state index contributed by atoms with van der Waals surface area (Å²) < 4.78 is 0. The Morgan fingerprint density at radius 3 is 2.33 bits per heavy atom. The summed E-state index contributed by atoms with van der Waals surface area (Å²) in [5.74, 6) is 0. The van der Waals surface area contributed by atoms with Gasteiger partial charge in [-0.25, -0.2) is 0 Å². The molecule has 1 unspecified atom stereocenters. The maximum atomic E-state index is 10.9. The topological polar surface area (TPSA) is 39.6 Å². The molecule has 24 heavy (non-hydrogen) atoms. The molecule has 4 heteroatoms. The van der Waals surface area contributed by atoms with Gasteiger partial charge in [-0.1, -0.05) is 30.3 Å². The number of anilines is 2. The SMILES string of the molecule is CN(C)c1cccc2ccc(C(O)c3cccnc3)c(N(C)C)c12. The maximum Gasteiger partial charge on any atom is 0.108 e. The van der Waals surface area contributed by atoms with Crippen LogP contribution >= 0.6 is 0 Å². The molecule has 4 nitrogen and oxygen atoms in total. The molecule has 0 aliphatic rings. The van der Waals surface area contributed by atoms with E-state index in [2.05, 4.69) is 39.0 Å². The summed E-state index contributed by atoms with van der Waals surface area (Å²) in [7, 11) is 8.11. The van der Waals surface area contributed by atoms with Gasteiger partial charge in [0.2, 0.25) is 0 Å². The molecule has 0 aliphatic carbocycles. The fourth-order valence-corrected chi connectivity index (χ4v) is 3.15. The van der Waals surface area contributed by atoms with E-state index in [1.807, 2.05) is 46.4 Å². The summed E-state index contributed by atoms with van der Waals surface area (Å²) in [6.45, 7) is 0. The van der Waals surface area contributed by atoms with Gasteiger partial charge >= 0.3 is 0 Å². The number of aromatic nitrogens is 1. The molecule has 124 valence electrons. The van der Waals surface area contributed by atoms with E-state index in [9.17, 15) is 5.11 Å². The number of pyridine rings is 1. The van der Waals surface area contributed by atoms with E-state index in [0.717, 1.165) is 33.3 Å². The molecular weight excluding hydrogens is 298 g/mol. The van der Waals surface area contributed by atoms with E-state index in [4.69, 9.17) is 0 Å². The second kappa shape index (κ2) is 6.49. The molecule has 3 rings (SSSR count). The highest BCUT2D eigenvalue weighted by atomic mass is 16.3. The molecule has 1 aromatic heterocycles. The third-order valence-corrected chi connectivity index (χ3v) is 4.25. The lowest BCUT2D eigenvalue weighted by molar-refractivity contribution is 0.220. The van der Waals surface area contributed by atoms with Crippen molar-refractivity contribution < 1.29 is 5.11 Å². The molecular formula is C20H23N3O. The molecule has 3 aromatic rings. The number of fused-ring (bicyclic) bond motifs is 1. The molecule has 0 saturated heterocycles. The quantitative estimate of drug-likeness (QED) is 0.799. The van der Waals surface area contributed by atoms with Crippen LogP contribution in [0.5, 0.6) is 0 Å². The molecule has 0 saturated carbocycles. The molecule has 1 heterocycles. The normalized spacial score (nSPS) is 12.2. The van der Waals surface area contributed by atoms with Crippen molar-refractivity contribution >= 4 is 22.1 Å². The van der Waals surface area contributed by atoms with Gasteiger partial charge in [0.1, 0.15) is 6.10 Å². The molecule has 0 radical (unpaired) electrons.